The van der Waals surface area contributed by atoms with Crippen LogP contribution < -0.4 is 3.84 Å². The van der Waals surface area contributed by atoms with Crippen LogP contribution in [-0.2, 0) is 0 Å². The van der Waals surface area contributed by atoms with Crippen LogP contribution in [0.4, 0.5) is 0 Å². The third-order valence-corrected chi connectivity index (χ3v) is 4.74. The van der Waals surface area contributed by atoms with Gasteiger partial charge in [0.15, 0.2) is 0 Å². The van der Waals surface area contributed by atoms with E-state index in [2.05, 4.69) is 16.9 Å². The van der Waals surface area contributed by atoms with Crippen molar-refractivity contribution in [3.63, 3.8) is 0 Å². The van der Waals surface area contributed by atoms with Crippen LogP contribution in [0.25, 0.3) is 0 Å². The molecule has 0 fully saturated rings. The van der Waals surface area contributed by atoms with Crippen molar-refractivity contribution in [3.05, 3.63) is 18.5 Å². The Morgan fingerprint density at radius 1 is 1.36 bits per heavy atom. The molecule has 1 rings (SSSR count). The summed E-state index contributed by atoms with van der Waals surface area (Å²) >= 11 is -0.406. The van der Waals surface area contributed by atoms with Gasteiger partial charge in [0, 0.05) is 0 Å². The van der Waals surface area contributed by atoms with Crippen molar-refractivity contribution in [2.75, 3.05) is 0 Å². The average Bonchev–Trinajstić information content (AvgIpc) is 2.07. The van der Waals surface area contributed by atoms with Gasteiger partial charge in [0.25, 0.3) is 0 Å². The monoisotopic (exact) mass is 256 g/mol. The number of hydrogen-bond acceptors (Lipinski definition) is 2. The van der Waals surface area contributed by atoms with E-state index in [1.54, 1.807) is 0 Å². The number of unbranched alkanes of at least 4 members (excludes halogenated alkanes) is 1. The number of nitrogens with zero attached hydrogens (tertiary/aromatic N) is 2. The molecule has 1 heterocycles. The summed E-state index contributed by atoms with van der Waals surface area (Å²) in [7, 11) is 0. The first-order valence-electron chi connectivity index (χ1n) is 3.94. The second-order valence-electron chi connectivity index (χ2n) is 2.35. The van der Waals surface area contributed by atoms with E-state index in [9.17, 15) is 0 Å². The Balaban J connectivity index is 2.28. The number of hydrogen-bond donors (Lipinski definition) is 0. The topological polar surface area (TPSA) is 25.8 Å². The molecular formula is C8H12N2Sn. The van der Waals surface area contributed by atoms with Crippen molar-refractivity contribution in [2.45, 2.75) is 24.2 Å². The van der Waals surface area contributed by atoms with Gasteiger partial charge >= 0.3 is 77.6 Å². The zero-order chi connectivity index (χ0) is 7.94. The van der Waals surface area contributed by atoms with Gasteiger partial charge in [-0.15, -0.1) is 0 Å². The van der Waals surface area contributed by atoms with Gasteiger partial charge in [0.2, 0.25) is 0 Å². The zero-order valence-corrected chi connectivity index (χ0v) is 9.60. The van der Waals surface area contributed by atoms with Gasteiger partial charge in [0.1, 0.15) is 0 Å². The summed E-state index contributed by atoms with van der Waals surface area (Å²) in [4.78, 5) is 8.43. The van der Waals surface area contributed by atoms with E-state index >= 15 is 0 Å². The molecule has 2 nitrogen and oxygen atoms in total. The maximum absolute atomic E-state index is 4.21. The minimum absolute atomic E-state index is 0.406. The second kappa shape index (κ2) is 5.52. The fourth-order valence-corrected chi connectivity index (χ4v) is 3.87. The van der Waals surface area contributed by atoms with Crippen LogP contribution in [0.1, 0.15) is 19.8 Å². The van der Waals surface area contributed by atoms with Crippen LogP contribution in [0.5, 0.6) is 0 Å². The standard InChI is InChI=1S/C4H3N2.C4H9.Sn/c1-2-5-4-6-3-1;1-3-4-2;/h1-3H;1,3-4H2,2H3;. The summed E-state index contributed by atoms with van der Waals surface area (Å²) in [6, 6.07) is 1.88. The zero-order valence-electron chi connectivity index (χ0n) is 6.75. The van der Waals surface area contributed by atoms with E-state index in [0.29, 0.717) is 0 Å². The van der Waals surface area contributed by atoms with Gasteiger partial charge in [-0.25, -0.2) is 0 Å². The van der Waals surface area contributed by atoms with E-state index in [1.165, 1.54) is 17.3 Å². The predicted octanol–water partition coefficient (Wildman–Crippen LogP) is 1.02. The van der Waals surface area contributed by atoms with Crippen molar-refractivity contribution < 1.29 is 0 Å². The predicted molar refractivity (Wildman–Crippen MR) is 47.1 cm³/mol. The Bertz CT molecular complexity index is 189. The van der Waals surface area contributed by atoms with Gasteiger partial charge < -0.3 is 0 Å². The van der Waals surface area contributed by atoms with Crippen molar-refractivity contribution in [2.24, 2.45) is 0 Å². The molecule has 1 aromatic heterocycles. The van der Waals surface area contributed by atoms with E-state index in [4.69, 9.17) is 0 Å². The van der Waals surface area contributed by atoms with Crippen LogP contribution in [0.2, 0.25) is 4.44 Å². The normalized spacial score (nSPS) is 9.91. The third-order valence-electron chi connectivity index (χ3n) is 1.38. The molecule has 0 bridgehead atoms. The molecule has 0 aliphatic carbocycles. The molecule has 0 aliphatic heterocycles. The molecule has 1 aromatic rings. The average molecular weight is 255 g/mol. The molecule has 0 atom stereocenters. The Labute approximate surface area is 77.7 Å². The minimum atomic E-state index is -0.406. The van der Waals surface area contributed by atoms with Crippen molar-refractivity contribution >= 4 is 25.0 Å². The molecule has 2 radical (unpaired) electrons. The van der Waals surface area contributed by atoms with Crippen LogP contribution in [0, 0.1) is 0 Å². The van der Waals surface area contributed by atoms with E-state index < -0.39 is 21.1 Å². The first-order valence-corrected chi connectivity index (χ1v) is 7.39. The first kappa shape index (κ1) is 8.97. The quantitative estimate of drug-likeness (QED) is 0.593. The molecule has 0 spiro atoms. The van der Waals surface area contributed by atoms with E-state index in [0.717, 1.165) is 3.84 Å². The van der Waals surface area contributed by atoms with Crippen molar-refractivity contribution in [1.29, 1.82) is 0 Å². The second-order valence-corrected chi connectivity index (χ2v) is 6.07. The fraction of sp³-hybridized carbons (Fsp3) is 0.500. The Hall–Kier alpha value is -0.121. The van der Waals surface area contributed by atoms with Crippen LogP contribution in [0.15, 0.2) is 18.5 Å². The summed E-state index contributed by atoms with van der Waals surface area (Å²) in [5, 5.41) is 0. The summed E-state index contributed by atoms with van der Waals surface area (Å²) in [6.07, 6.45) is 6.34. The van der Waals surface area contributed by atoms with E-state index in [1.807, 2.05) is 18.5 Å². The van der Waals surface area contributed by atoms with Gasteiger partial charge in [-0.2, -0.15) is 0 Å². The van der Waals surface area contributed by atoms with Crippen molar-refractivity contribution in [3.8, 4) is 0 Å². The van der Waals surface area contributed by atoms with Crippen molar-refractivity contribution in [1.82, 2.24) is 9.97 Å². The molecule has 0 aromatic carbocycles. The molecule has 0 aliphatic rings. The summed E-state index contributed by atoms with van der Waals surface area (Å²) in [5.74, 6) is 0. The number of aromatic nitrogens is 2. The van der Waals surface area contributed by atoms with Gasteiger partial charge in [-0.3, -0.25) is 0 Å². The SMILES string of the molecule is CCC[CH2][Sn][c]1ncccn1. The molecule has 0 unspecified atom stereocenters. The van der Waals surface area contributed by atoms with Crippen LogP contribution in [0.3, 0.4) is 0 Å². The molecule has 58 valence electrons. The maximum atomic E-state index is 4.21. The van der Waals surface area contributed by atoms with Crippen LogP contribution in [-0.4, -0.2) is 31.1 Å². The summed E-state index contributed by atoms with van der Waals surface area (Å²) < 4.78 is 2.52. The molecular weight excluding hydrogens is 243 g/mol. The van der Waals surface area contributed by atoms with Gasteiger partial charge in [-0.05, 0) is 0 Å². The molecule has 0 amide bonds. The van der Waals surface area contributed by atoms with Gasteiger partial charge in [-0.1, -0.05) is 0 Å². The van der Waals surface area contributed by atoms with E-state index in [-0.39, 0.29) is 0 Å². The third kappa shape index (κ3) is 3.70. The fourth-order valence-electron chi connectivity index (χ4n) is 0.767. The molecule has 0 saturated carbocycles. The molecule has 0 saturated heterocycles. The van der Waals surface area contributed by atoms with Gasteiger partial charge in [0.05, 0.1) is 0 Å². The summed E-state index contributed by atoms with van der Waals surface area (Å²) in [6.45, 7) is 2.23. The number of rotatable bonds is 4. The summed E-state index contributed by atoms with van der Waals surface area (Å²) in [5.41, 5.74) is 0. The Kier molecular flexibility index (Phi) is 4.50. The first-order chi connectivity index (χ1) is 5.43. The van der Waals surface area contributed by atoms with Crippen LogP contribution >= 0.6 is 0 Å². The molecule has 3 heteroatoms. The molecule has 0 N–H and O–H groups in total. The molecule has 11 heavy (non-hydrogen) atoms. The Morgan fingerprint density at radius 3 is 2.73 bits per heavy atom. The Morgan fingerprint density at radius 2 is 2.09 bits per heavy atom.